The number of hydrogen-bond donors (Lipinski definition) is 1. The number of anilines is 1. The van der Waals surface area contributed by atoms with Crippen molar-refractivity contribution in [3.8, 4) is 0 Å². The molecule has 0 saturated carbocycles. The van der Waals surface area contributed by atoms with Crippen LogP contribution < -0.4 is 4.90 Å². The van der Waals surface area contributed by atoms with Gasteiger partial charge in [-0.3, -0.25) is 4.98 Å². The minimum atomic E-state index is -0.0876. The molecule has 0 amide bonds. The maximum atomic E-state index is 9.64. The molecule has 4 heterocycles. The van der Waals surface area contributed by atoms with Crippen LogP contribution in [0.4, 0.5) is 5.95 Å². The largest absolute Gasteiger partial charge is 0.388 e. The second-order valence-electron chi connectivity index (χ2n) is 8.33. The zero-order valence-electron chi connectivity index (χ0n) is 18.1. The fraction of sp³-hybridized carbons (Fsp3) is 0.545. The number of methoxy groups -OCH3 is 1. The number of hydrogen-bond acceptors (Lipinski definition) is 7. The number of fused-ring (bicyclic) bond motifs is 1. The summed E-state index contributed by atoms with van der Waals surface area (Å²) >= 11 is 0. The standard InChI is InChI=1S/C22H30N6O2/c1-14(2)28-19-10-17(24-11-18(19)26-21(28)13-29)9-16-5-7-23-22(25-16)27-8-6-20(30-4)15(3)12-27/h5,7,10-11,14-15,20,29H,6,8-9,12-13H2,1-4H3. The Hall–Kier alpha value is -2.58. The lowest BCUT2D eigenvalue weighted by atomic mass is 9.97. The third-order valence-corrected chi connectivity index (χ3v) is 5.84. The minimum Gasteiger partial charge on any atom is -0.388 e. The normalized spacial score (nSPS) is 19.7. The summed E-state index contributed by atoms with van der Waals surface area (Å²) < 4.78 is 7.63. The first-order chi connectivity index (χ1) is 14.5. The van der Waals surface area contributed by atoms with Gasteiger partial charge in [0.15, 0.2) is 0 Å². The monoisotopic (exact) mass is 410 g/mol. The number of pyridine rings is 1. The quantitative estimate of drug-likeness (QED) is 0.668. The smallest absolute Gasteiger partial charge is 0.225 e. The number of rotatable bonds is 6. The Bertz CT molecular complexity index is 1020. The zero-order valence-corrected chi connectivity index (χ0v) is 18.1. The van der Waals surface area contributed by atoms with Crippen LogP contribution in [0.5, 0.6) is 0 Å². The van der Waals surface area contributed by atoms with Crippen molar-refractivity contribution in [3.63, 3.8) is 0 Å². The highest BCUT2D eigenvalue weighted by Crippen LogP contribution is 2.24. The van der Waals surface area contributed by atoms with Crippen molar-refractivity contribution in [2.45, 2.75) is 52.4 Å². The molecule has 4 rings (SSSR count). The second kappa shape index (κ2) is 8.65. The van der Waals surface area contributed by atoms with Crippen molar-refractivity contribution in [3.05, 3.63) is 41.7 Å². The first kappa shape index (κ1) is 20.7. The average Bonchev–Trinajstić information content (AvgIpc) is 3.12. The number of nitrogens with zero attached hydrogens (tertiary/aromatic N) is 6. The maximum Gasteiger partial charge on any atom is 0.225 e. The predicted molar refractivity (Wildman–Crippen MR) is 115 cm³/mol. The lowest BCUT2D eigenvalue weighted by Crippen LogP contribution is -2.43. The van der Waals surface area contributed by atoms with Crippen molar-refractivity contribution in [1.82, 2.24) is 24.5 Å². The molecule has 3 aromatic heterocycles. The Balaban J connectivity index is 1.57. The van der Waals surface area contributed by atoms with Gasteiger partial charge in [0.25, 0.3) is 0 Å². The summed E-state index contributed by atoms with van der Waals surface area (Å²) in [5, 5.41) is 9.64. The van der Waals surface area contributed by atoms with Gasteiger partial charge in [0.05, 0.1) is 23.5 Å². The molecule has 0 aliphatic carbocycles. The summed E-state index contributed by atoms with van der Waals surface area (Å²) in [5.74, 6) is 1.87. The molecule has 30 heavy (non-hydrogen) atoms. The second-order valence-corrected chi connectivity index (χ2v) is 8.33. The summed E-state index contributed by atoms with van der Waals surface area (Å²) in [4.78, 5) is 20.6. The van der Waals surface area contributed by atoms with E-state index < -0.39 is 0 Å². The van der Waals surface area contributed by atoms with Crippen molar-refractivity contribution >= 4 is 17.0 Å². The maximum absolute atomic E-state index is 9.64. The Labute approximate surface area is 177 Å². The Kier molecular flexibility index (Phi) is 5.97. The molecule has 0 bridgehead atoms. The Morgan fingerprint density at radius 1 is 1.23 bits per heavy atom. The highest BCUT2D eigenvalue weighted by Gasteiger charge is 2.27. The molecule has 2 unspecified atom stereocenters. The van der Waals surface area contributed by atoms with Gasteiger partial charge in [0.2, 0.25) is 5.95 Å². The number of ether oxygens (including phenoxy) is 1. The van der Waals surface area contributed by atoms with E-state index >= 15 is 0 Å². The van der Waals surface area contributed by atoms with E-state index in [1.807, 2.05) is 12.3 Å². The number of imidazole rings is 1. The number of piperidine rings is 1. The fourth-order valence-corrected chi connectivity index (χ4v) is 4.35. The molecular weight excluding hydrogens is 380 g/mol. The lowest BCUT2D eigenvalue weighted by Gasteiger charge is -2.36. The molecule has 0 aromatic carbocycles. The van der Waals surface area contributed by atoms with Crippen molar-refractivity contribution in [2.24, 2.45) is 5.92 Å². The third kappa shape index (κ3) is 4.02. The van der Waals surface area contributed by atoms with Gasteiger partial charge in [-0.1, -0.05) is 6.92 Å². The van der Waals surface area contributed by atoms with E-state index in [0.717, 1.165) is 47.9 Å². The van der Waals surface area contributed by atoms with Gasteiger partial charge in [0, 0.05) is 44.6 Å². The van der Waals surface area contributed by atoms with Crippen molar-refractivity contribution in [1.29, 1.82) is 0 Å². The molecule has 1 aliphatic rings. The van der Waals surface area contributed by atoms with Crippen LogP contribution in [0.2, 0.25) is 0 Å². The molecule has 8 nitrogen and oxygen atoms in total. The van der Waals surface area contributed by atoms with Gasteiger partial charge in [0.1, 0.15) is 17.9 Å². The van der Waals surface area contributed by atoms with Crippen molar-refractivity contribution in [2.75, 3.05) is 25.1 Å². The molecule has 8 heteroatoms. The summed E-state index contributed by atoms with van der Waals surface area (Å²) in [5.41, 5.74) is 3.65. The van der Waals surface area contributed by atoms with E-state index in [0.29, 0.717) is 24.3 Å². The van der Waals surface area contributed by atoms with E-state index in [2.05, 4.69) is 51.3 Å². The van der Waals surface area contributed by atoms with Crippen LogP contribution in [0.3, 0.4) is 0 Å². The van der Waals surface area contributed by atoms with E-state index in [9.17, 15) is 5.11 Å². The van der Waals surface area contributed by atoms with Gasteiger partial charge in [-0.15, -0.1) is 0 Å². The molecule has 0 radical (unpaired) electrons. The minimum absolute atomic E-state index is 0.0876. The SMILES string of the molecule is COC1CCN(c2nccc(Cc3cc4c(cn3)nc(CO)n4C(C)C)n2)CC1C. The summed E-state index contributed by atoms with van der Waals surface area (Å²) in [6.07, 6.45) is 5.51. The average molecular weight is 411 g/mol. The van der Waals surface area contributed by atoms with Gasteiger partial charge in [-0.05, 0) is 38.3 Å². The van der Waals surface area contributed by atoms with Crippen LogP contribution in [0.1, 0.15) is 50.4 Å². The molecule has 1 fully saturated rings. The summed E-state index contributed by atoms with van der Waals surface area (Å²) in [7, 11) is 1.78. The first-order valence-corrected chi connectivity index (χ1v) is 10.6. The van der Waals surface area contributed by atoms with Crippen LogP contribution >= 0.6 is 0 Å². The highest BCUT2D eigenvalue weighted by molar-refractivity contribution is 5.75. The molecule has 160 valence electrons. The molecule has 0 spiro atoms. The van der Waals surface area contributed by atoms with Crippen LogP contribution in [-0.4, -0.2) is 55.9 Å². The molecule has 1 N–H and O–H groups in total. The van der Waals surface area contributed by atoms with Crippen LogP contribution in [0.25, 0.3) is 11.0 Å². The molecule has 2 atom stereocenters. The number of aromatic nitrogens is 5. The van der Waals surface area contributed by atoms with Crippen LogP contribution in [-0.2, 0) is 17.8 Å². The zero-order chi connectivity index (χ0) is 21.3. The van der Waals surface area contributed by atoms with Gasteiger partial charge in [-0.2, -0.15) is 0 Å². The van der Waals surface area contributed by atoms with E-state index in [1.165, 1.54) is 0 Å². The topological polar surface area (TPSA) is 89.2 Å². The van der Waals surface area contributed by atoms with E-state index in [1.54, 1.807) is 13.3 Å². The predicted octanol–water partition coefficient (Wildman–Crippen LogP) is 2.75. The molecule has 1 saturated heterocycles. The molecular formula is C22H30N6O2. The van der Waals surface area contributed by atoms with Crippen LogP contribution in [0, 0.1) is 5.92 Å². The number of aliphatic hydroxyl groups is 1. The van der Waals surface area contributed by atoms with Gasteiger partial charge >= 0.3 is 0 Å². The molecule has 3 aromatic rings. The highest BCUT2D eigenvalue weighted by atomic mass is 16.5. The molecule has 1 aliphatic heterocycles. The van der Waals surface area contributed by atoms with E-state index in [-0.39, 0.29) is 12.6 Å². The first-order valence-electron chi connectivity index (χ1n) is 10.6. The number of aliphatic hydroxyl groups excluding tert-OH is 1. The third-order valence-electron chi connectivity index (χ3n) is 5.84. The Morgan fingerprint density at radius 3 is 2.77 bits per heavy atom. The fourth-order valence-electron chi connectivity index (χ4n) is 4.35. The van der Waals surface area contributed by atoms with Crippen LogP contribution in [0.15, 0.2) is 24.5 Å². The van der Waals surface area contributed by atoms with E-state index in [4.69, 9.17) is 9.72 Å². The van der Waals surface area contributed by atoms with Gasteiger partial charge in [-0.25, -0.2) is 15.0 Å². The summed E-state index contributed by atoms with van der Waals surface area (Å²) in [6, 6.07) is 4.20. The lowest BCUT2D eigenvalue weighted by molar-refractivity contribution is 0.0442. The summed E-state index contributed by atoms with van der Waals surface area (Å²) in [6.45, 7) is 8.09. The Morgan fingerprint density at radius 2 is 2.07 bits per heavy atom. The van der Waals surface area contributed by atoms with Gasteiger partial charge < -0.3 is 19.3 Å². The van der Waals surface area contributed by atoms with Crippen molar-refractivity contribution < 1.29 is 9.84 Å².